The maximum absolute atomic E-state index is 11.0. The Balaban J connectivity index is 1.97. The van der Waals surface area contributed by atoms with Gasteiger partial charge in [-0.3, -0.25) is 0 Å². The predicted octanol–water partition coefficient (Wildman–Crippen LogP) is 3.28. The lowest BCUT2D eigenvalue weighted by molar-refractivity contribution is -0.0346. The molecule has 0 unspecified atom stereocenters. The second-order valence-electron chi connectivity index (χ2n) is 6.59. The van der Waals surface area contributed by atoms with Crippen molar-refractivity contribution in [3.63, 3.8) is 0 Å². The van der Waals surface area contributed by atoms with E-state index in [9.17, 15) is 5.11 Å². The SMILES string of the molecule is C[C@@H]1C[C@](O)(C#Cc2cccc3ccccc23)[C@@H](C)CN1C. The summed E-state index contributed by atoms with van der Waals surface area (Å²) in [7, 11) is 2.11. The third kappa shape index (κ3) is 2.75. The summed E-state index contributed by atoms with van der Waals surface area (Å²) in [5, 5.41) is 13.3. The second-order valence-corrected chi connectivity index (χ2v) is 6.59. The molecule has 1 aliphatic rings. The van der Waals surface area contributed by atoms with Gasteiger partial charge >= 0.3 is 0 Å². The fraction of sp³-hybridized carbons (Fsp3) is 0.400. The van der Waals surface area contributed by atoms with Crippen molar-refractivity contribution in [1.82, 2.24) is 4.90 Å². The molecule has 2 heteroatoms. The first-order valence-electron chi connectivity index (χ1n) is 7.93. The highest BCUT2D eigenvalue weighted by Gasteiger charge is 2.39. The molecule has 1 N–H and O–H groups in total. The molecule has 0 radical (unpaired) electrons. The molecule has 114 valence electrons. The second kappa shape index (κ2) is 5.76. The summed E-state index contributed by atoms with van der Waals surface area (Å²) in [6.45, 7) is 5.11. The van der Waals surface area contributed by atoms with E-state index < -0.39 is 5.60 Å². The molecule has 0 spiro atoms. The third-order valence-corrected chi connectivity index (χ3v) is 4.94. The summed E-state index contributed by atoms with van der Waals surface area (Å²) in [5.41, 5.74) is 0.0911. The third-order valence-electron chi connectivity index (χ3n) is 4.94. The van der Waals surface area contributed by atoms with Gasteiger partial charge in [-0.05, 0) is 30.8 Å². The van der Waals surface area contributed by atoms with Crippen LogP contribution in [0, 0.1) is 17.8 Å². The Kier molecular flexibility index (Phi) is 3.95. The van der Waals surface area contributed by atoms with Gasteiger partial charge in [0.25, 0.3) is 0 Å². The first-order chi connectivity index (χ1) is 10.5. The molecular formula is C20H23NO. The quantitative estimate of drug-likeness (QED) is 0.754. The predicted molar refractivity (Wildman–Crippen MR) is 91.6 cm³/mol. The zero-order valence-electron chi connectivity index (χ0n) is 13.5. The molecule has 0 aromatic heterocycles. The molecule has 3 rings (SSSR count). The van der Waals surface area contributed by atoms with Crippen LogP contribution < -0.4 is 0 Å². The van der Waals surface area contributed by atoms with E-state index in [1.807, 2.05) is 24.3 Å². The molecule has 0 amide bonds. The highest BCUT2D eigenvalue weighted by Crippen LogP contribution is 2.30. The topological polar surface area (TPSA) is 23.5 Å². The van der Waals surface area contributed by atoms with Gasteiger partial charge in [0.2, 0.25) is 0 Å². The minimum absolute atomic E-state index is 0.149. The maximum atomic E-state index is 11.0. The van der Waals surface area contributed by atoms with Gasteiger partial charge in [0, 0.05) is 30.5 Å². The molecule has 1 saturated heterocycles. The number of benzene rings is 2. The van der Waals surface area contributed by atoms with Crippen LogP contribution in [0.4, 0.5) is 0 Å². The van der Waals surface area contributed by atoms with Crippen molar-refractivity contribution >= 4 is 10.8 Å². The van der Waals surface area contributed by atoms with Crippen molar-refractivity contribution in [2.75, 3.05) is 13.6 Å². The fourth-order valence-electron chi connectivity index (χ4n) is 3.25. The summed E-state index contributed by atoms with van der Waals surface area (Å²) in [6, 6.07) is 14.7. The molecule has 2 aromatic rings. The fourth-order valence-corrected chi connectivity index (χ4v) is 3.25. The van der Waals surface area contributed by atoms with Gasteiger partial charge < -0.3 is 10.0 Å². The lowest BCUT2D eigenvalue weighted by atomic mass is 9.79. The monoisotopic (exact) mass is 293 g/mol. The summed E-state index contributed by atoms with van der Waals surface area (Å²) in [6.07, 6.45) is 0.697. The Bertz CT molecular complexity index is 737. The number of piperidine rings is 1. The van der Waals surface area contributed by atoms with Crippen LogP contribution in [-0.4, -0.2) is 35.2 Å². The van der Waals surface area contributed by atoms with Crippen LogP contribution in [0.15, 0.2) is 42.5 Å². The molecule has 2 nitrogen and oxygen atoms in total. The van der Waals surface area contributed by atoms with Crippen LogP contribution in [0.2, 0.25) is 0 Å². The van der Waals surface area contributed by atoms with Gasteiger partial charge in [0.15, 0.2) is 0 Å². The van der Waals surface area contributed by atoms with Crippen LogP contribution in [0.25, 0.3) is 10.8 Å². The van der Waals surface area contributed by atoms with Crippen molar-refractivity contribution in [1.29, 1.82) is 0 Å². The average molecular weight is 293 g/mol. The number of aliphatic hydroxyl groups is 1. The van der Waals surface area contributed by atoms with Crippen molar-refractivity contribution < 1.29 is 5.11 Å². The number of rotatable bonds is 0. The van der Waals surface area contributed by atoms with Gasteiger partial charge in [-0.1, -0.05) is 55.2 Å². The molecule has 0 aliphatic carbocycles. The minimum atomic E-state index is -0.900. The summed E-state index contributed by atoms with van der Waals surface area (Å²) < 4.78 is 0. The highest BCUT2D eigenvalue weighted by atomic mass is 16.3. The summed E-state index contributed by atoms with van der Waals surface area (Å²) in [4.78, 5) is 2.29. The largest absolute Gasteiger partial charge is 0.377 e. The molecule has 1 fully saturated rings. The minimum Gasteiger partial charge on any atom is -0.377 e. The molecule has 0 saturated carbocycles. The number of fused-ring (bicyclic) bond motifs is 1. The normalized spacial score (nSPS) is 29.1. The lowest BCUT2D eigenvalue weighted by Crippen LogP contribution is -2.52. The molecule has 2 aromatic carbocycles. The molecule has 22 heavy (non-hydrogen) atoms. The van der Waals surface area contributed by atoms with E-state index in [1.54, 1.807) is 0 Å². The van der Waals surface area contributed by atoms with E-state index >= 15 is 0 Å². The molecule has 1 heterocycles. The van der Waals surface area contributed by atoms with Gasteiger partial charge in [-0.25, -0.2) is 0 Å². The van der Waals surface area contributed by atoms with Crippen molar-refractivity contribution in [3.8, 4) is 11.8 Å². The molecular weight excluding hydrogens is 270 g/mol. The number of nitrogens with zero attached hydrogens (tertiary/aromatic N) is 1. The van der Waals surface area contributed by atoms with E-state index in [-0.39, 0.29) is 5.92 Å². The van der Waals surface area contributed by atoms with Crippen LogP contribution in [0.3, 0.4) is 0 Å². The van der Waals surface area contributed by atoms with Gasteiger partial charge in [0.1, 0.15) is 5.60 Å². The average Bonchev–Trinajstić information content (AvgIpc) is 2.51. The number of hydrogen-bond acceptors (Lipinski definition) is 2. The maximum Gasteiger partial charge on any atom is 0.131 e. The molecule has 3 atom stereocenters. The zero-order chi connectivity index (χ0) is 15.7. The Hall–Kier alpha value is -1.82. The van der Waals surface area contributed by atoms with E-state index in [4.69, 9.17) is 0 Å². The Labute approximate surface area is 132 Å². The van der Waals surface area contributed by atoms with Crippen LogP contribution in [-0.2, 0) is 0 Å². The van der Waals surface area contributed by atoms with E-state index in [1.165, 1.54) is 5.39 Å². The summed E-state index contributed by atoms with van der Waals surface area (Å²) in [5.74, 6) is 6.58. The van der Waals surface area contributed by atoms with Gasteiger partial charge in [-0.15, -0.1) is 0 Å². The highest BCUT2D eigenvalue weighted by molar-refractivity contribution is 5.88. The van der Waals surface area contributed by atoms with Crippen molar-refractivity contribution in [3.05, 3.63) is 48.0 Å². The number of likely N-dealkylation sites (tertiary alicyclic amines) is 1. The molecule has 0 bridgehead atoms. The van der Waals surface area contributed by atoms with E-state index in [0.29, 0.717) is 12.5 Å². The number of hydrogen-bond donors (Lipinski definition) is 1. The van der Waals surface area contributed by atoms with Crippen LogP contribution in [0.5, 0.6) is 0 Å². The Morgan fingerprint density at radius 2 is 1.86 bits per heavy atom. The van der Waals surface area contributed by atoms with Crippen LogP contribution >= 0.6 is 0 Å². The Morgan fingerprint density at radius 3 is 2.68 bits per heavy atom. The standard InChI is InChI=1S/C20H23NO/c1-15-14-21(3)16(2)13-20(15,22)12-11-18-9-6-8-17-7-4-5-10-19(17)18/h4-10,15-16,22H,13-14H2,1-3H3/t15-,16+,20+/m0/s1. The van der Waals surface area contributed by atoms with Gasteiger partial charge in [0.05, 0.1) is 0 Å². The van der Waals surface area contributed by atoms with Crippen molar-refractivity contribution in [2.24, 2.45) is 5.92 Å². The zero-order valence-corrected chi connectivity index (χ0v) is 13.5. The van der Waals surface area contributed by atoms with Gasteiger partial charge in [-0.2, -0.15) is 0 Å². The molecule has 1 aliphatic heterocycles. The van der Waals surface area contributed by atoms with E-state index in [2.05, 4.69) is 55.8 Å². The lowest BCUT2D eigenvalue weighted by Gasteiger charge is -2.42. The Morgan fingerprint density at radius 1 is 1.14 bits per heavy atom. The smallest absolute Gasteiger partial charge is 0.131 e. The van der Waals surface area contributed by atoms with Crippen molar-refractivity contribution in [2.45, 2.75) is 31.9 Å². The van der Waals surface area contributed by atoms with Crippen LogP contribution in [0.1, 0.15) is 25.8 Å². The first-order valence-corrected chi connectivity index (χ1v) is 7.93. The van der Waals surface area contributed by atoms with E-state index in [0.717, 1.165) is 17.5 Å². The first kappa shape index (κ1) is 15.1. The summed E-state index contributed by atoms with van der Waals surface area (Å²) >= 11 is 0.